The average Bonchev–Trinajstić information content (AvgIpc) is 2.46. The lowest BCUT2D eigenvalue weighted by Crippen LogP contribution is -2.16. The van der Waals surface area contributed by atoms with Crippen LogP contribution in [0.4, 0.5) is 0 Å². The summed E-state index contributed by atoms with van der Waals surface area (Å²) in [5.74, 6) is -0.948. The number of carboxylic acid groups (broad SMARTS) is 1. The van der Waals surface area contributed by atoms with Gasteiger partial charge in [-0.2, -0.15) is 0 Å². The van der Waals surface area contributed by atoms with Gasteiger partial charge in [-0.25, -0.2) is 4.79 Å². The number of hydrogen-bond acceptors (Lipinski definition) is 4. The van der Waals surface area contributed by atoms with Crippen LogP contribution in [-0.4, -0.2) is 29.1 Å². The van der Waals surface area contributed by atoms with Crippen LogP contribution in [0.3, 0.4) is 0 Å². The fraction of sp³-hybridized carbons (Fsp3) is 0.333. The Kier molecular flexibility index (Phi) is 5.03. The van der Waals surface area contributed by atoms with Crippen LogP contribution >= 0.6 is 0 Å². The predicted octanol–water partition coefficient (Wildman–Crippen LogP) is 1.76. The molecule has 1 aromatic carbocycles. The fourth-order valence-electron chi connectivity index (χ4n) is 2.07. The van der Waals surface area contributed by atoms with Crippen molar-refractivity contribution in [2.75, 3.05) is 13.1 Å². The molecule has 0 saturated carbocycles. The van der Waals surface area contributed by atoms with E-state index in [9.17, 15) is 9.90 Å². The predicted molar refractivity (Wildman–Crippen MR) is 78.7 cm³/mol. The molecule has 0 amide bonds. The van der Waals surface area contributed by atoms with Crippen molar-refractivity contribution < 1.29 is 9.90 Å². The number of nitrogens with one attached hydrogen (secondary N) is 1. The third-order valence-corrected chi connectivity index (χ3v) is 3.12. The number of pyridine rings is 1. The maximum absolute atomic E-state index is 11.2. The number of para-hydroxylation sites is 1. The van der Waals surface area contributed by atoms with Gasteiger partial charge in [0.1, 0.15) is 0 Å². The molecule has 0 saturated heterocycles. The standard InChI is InChI=1S/C15H19N3O2/c16-8-1-2-9-17-10-12-7-6-11-4-3-5-13(15(19)20)14(11)18-12/h3-7,17H,1-2,8-10,16H2,(H,19,20). The number of carbonyl (C=O) groups is 1. The maximum Gasteiger partial charge on any atom is 0.337 e. The minimum absolute atomic E-state index is 0.243. The monoisotopic (exact) mass is 273 g/mol. The summed E-state index contributed by atoms with van der Waals surface area (Å²) in [6, 6.07) is 9.01. The van der Waals surface area contributed by atoms with Gasteiger partial charge in [0, 0.05) is 11.9 Å². The minimum atomic E-state index is -0.948. The molecule has 0 radical (unpaired) electrons. The van der Waals surface area contributed by atoms with Crippen molar-refractivity contribution in [1.82, 2.24) is 10.3 Å². The van der Waals surface area contributed by atoms with E-state index in [2.05, 4.69) is 10.3 Å². The highest BCUT2D eigenvalue weighted by Gasteiger charge is 2.09. The van der Waals surface area contributed by atoms with Crippen LogP contribution in [-0.2, 0) is 6.54 Å². The number of carboxylic acids is 1. The van der Waals surface area contributed by atoms with Crippen molar-refractivity contribution in [1.29, 1.82) is 0 Å². The topological polar surface area (TPSA) is 88.2 Å². The number of unbranched alkanes of at least 4 members (excludes halogenated alkanes) is 1. The lowest BCUT2D eigenvalue weighted by atomic mass is 10.1. The van der Waals surface area contributed by atoms with Gasteiger partial charge in [0.05, 0.1) is 16.8 Å². The van der Waals surface area contributed by atoms with Crippen LogP contribution in [0.25, 0.3) is 10.9 Å². The molecular formula is C15H19N3O2. The molecule has 0 unspecified atom stereocenters. The SMILES string of the molecule is NCCCCNCc1ccc2cccc(C(=O)O)c2n1. The van der Waals surface area contributed by atoms with Crippen molar-refractivity contribution in [3.63, 3.8) is 0 Å². The van der Waals surface area contributed by atoms with Gasteiger partial charge in [-0.05, 0) is 38.1 Å². The zero-order valence-corrected chi connectivity index (χ0v) is 11.3. The van der Waals surface area contributed by atoms with E-state index in [-0.39, 0.29) is 5.56 Å². The lowest BCUT2D eigenvalue weighted by Gasteiger charge is -2.07. The Morgan fingerprint density at radius 1 is 1.25 bits per heavy atom. The smallest absolute Gasteiger partial charge is 0.337 e. The van der Waals surface area contributed by atoms with E-state index in [0.717, 1.165) is 30.5 Å². The quantitative estimate of drug-likeness (QED) is 0.669. The van der Waals surface area contributed by atoms with Gasteiger partial charge >= 0.3 is 5.97 Å². The van der Waals surface area contributed by atoms with Gasteiger partial charge < -0.3 is 16.2 Å². The Morgan fingerprint density at radius 3 is 2.85 bits per heavy atom. The molecular weight excluding hydrogens is 254 g/mol. The summed E-state index contributed by atoms with van der Waals surface area (Å²) in [7, 11) is 0. The first-order chi connectivity index (χ1) is 9.72. The van der Waals surface area contributed by atoms with E-state index in [1.807, 2.05) is 18.2 Å². The number of hydrogen-bond donors (Lipinski definition) is 3. The number of benzene rings is 1. The molecule has 0 aliphatic carbocycles. The summed E-state index contributed by atoms with van der Waals surface area (Å²) >= 11 is 0. The number of rotatable bonds is 7. The number of aromatic carboxylic acids is 1. The largest absolute Gasteiger partial charge is 0.478 e. The Labute approximate surface area is 117 Å². The van der Waals surface area contributed by atoms with Crippen molar-refractivity contribution in [3.8, 4) is 0 Å². The number of fused-ring (bicyclic) bond motifs is 1. The minimum Gasteiger partial charge on any atom is -0.478 e. The molecule has 0 bridgehead atoms. The molecule has 20 heavy (non-hydrogen) atoms. The average molecular weight is 273 g/mol. The molecule has 106 valence electrons. The molecule has 5 nitrogen and oxygen atoms in total. The molecule has 4 N–H and O–H groups in total. The second-order valence-electron chi connectivity index (χ2n) is 4.66. The van der Waals surface area contributed by atoms with Gasteiger partial charge in [-0.15, -0.1) is 0 Å². The van der Waals surface area contributed by atoms with E-state index < -0.39 is 5.97 Å². The summed E-state index contributed by atoms with van der Waals surface area (Å²) in [6.07, 6.45) is 2.03. The normalized spacial score (nSPS) is 10.8. The second-order valence-corrected chi connectivity index (χ2v) is 4.66. The Bertz CT molecular complexity index is 599. The highest BCUT2D eigenvalue weighted by atomic mass is 16.4. The molecule has 0 fully saturated rings. The van der Waals surface area contributed by atoms with Crippen molar-refractivity contribution in [2.45, 2.75) is 19.4 Å². The second kappa shape index (κ2) is 6.98. The van der Waals surface area contributed by atoms with Gasteiger partial charge in [0.25, 0.3) is 0 Å². The molecule has 2 aromatic rings. The van der Waals surface area contributed by atoms with Gasteiger partial charge in [-0.1, -0.05) is 18.2 Å². The lowest BCUT2D eigenvalue weighted by molar-refractivity contribution is 0.0699. The van der Waals surface area contributed by atoms with Crippen LogP contribution < -0.4 is 11.1 Å². The molecule has 1 heterocycles. The number of nitrogens with zero attached hydrogens (tertiary/aromatic N) is 1. The Hall–Kier alpha value is -1.98. The zero-order chi connectivity index (χ0) is 14.4. The summed E-state index contributed by atoms with van der Waals surface area (Å²) < 4.78 is 0. The summed E-state index contributed by atoms with van der Waals surface area (Å²) in [4.78, 5) is 15.6. The Balaban J connectivity index is 2.11. The first-order valence-corrected chi connectivity index (χ1v) is 6.75. The molecule has 0 atom stereocenters. The first kappa shape index (κ1) is 14.4. The van der Waals surface area contributed by atoms with Crippen molar-refractivity contribution in [3.05, 3.63) is 41.6 Å². The van der Waals surface area contributed by atoms with Crippen molar-refractivity contribution in [2.24, 2.45) is 5.73 Å². The van der Waals surface area contributed by atoms with E-state index in [4.69, 9.17) is 5.73 Å². The molecule has 2 rings (SSSR count). The molecule has 1 aromatic heterocycles. The molecule has 5 heteroatoms. The van der Waals surface area contributed by atoms with E-state index in [1.165, 1.54) is 0 Å². The molecule has 0 spiro atoms. The highest BCUT2D eigenvalue weighted by Crippen LogP contribution is 2.17. The Morgan fingerprint density at radius 2 is 2.10 bits per heavy atom. The van der Waals surface area contributed by atoms with Crippen LogP contribution in [0, 0.1) is 0 Å². The summed E-state index contributed by atoms with van der Waals surface area (Å²) in [5.41, 5.74) is 7.07. The third-order valence-electron chi connectivity index (χ3n) is 3.12. The molecule has 0 aliphatic heterocycles. The van der Waals surface area contributed by atoms with Crippen molar-refractivity contribution >= 4 is 16.9 Å². The van der Waals surface area contributed by atoms with E-state index >= 15 is 0 Å². The van der Waals surface area contributed by atoms with E-state index in [0.29, 0.717) is 18.6 Å². The summed E-state index contributed by atoms with van der Waals surface area (Å²) in [6.45, 7) is 2.23. The van der Waals surface area contributed by atoms with Crippen LogP contribution in [0.15, 0.2) is 30.3 Å². The van der Waals surface area contributed by atoms with Crippen LogP contribution in [0.2, 0.25) is 0 Å². The number of nitrogens with two attached hydrogens (primary N) is 1. The van der Waals surface area contributed by atoms with Crippen LogP contribution in [0.5, 0.6) is 0 Å². The number of aromatic nitrogens is 1. The fourth-order valence-corrected chi connectivity index (χ4v) is 2.07. The molecule has 0 aliphatic rings. The summed E-state index contributed by atoms with van der Waals surface area (Å²) in [5, 5.41) is 13.3. The van der Waals surface area contributed by atoms with Gasteiger partial charge in [0.15, 0.2) is 0 Å². The third kappa shape index (κ3) is 3.53. The van der Waals surface area contributed by atoms with Crippen LogP contribution in [0.1, 0.15) is 28.9 Å². The highest BCUT2D eigenvalue weighted by molar-refractivity contribution is 6.01. The van der Waals surface area contributed by atoms with E-state index in [1.54, 1.807) is 12.1 Å². The van der Waals surface area contributed by atoms with Gasteiger partial charge in [0.2, 0.25) is 0 Å². The zero-order valence-electron chi connectivity index (χ0n) is 11.3. The van der Waals surface area contributed by atoms with Gasteiger partial charge in [-0.3, -0.25) is 4.98 Å². The first-order valence-electron chi connectivity index (χ1n) is 6.75. The maximum atomic E-state index is 11.2.